The molecular formula is C26H21NOS. The van der Waals surface area contributed by atoms with Crippen LogP contribution < -0.4 is 5.32 Å². The number of nitrogens with one attached hydrogen (secondary N) is 1. The van der Waals surface area contributed by atoms with Crippen molar-refractivity contribution in [3.8, 4) is 0 Å². The monoisotopic (exact) mass is 395 g/mol. The zero-order chi connectivity index (χ0) is 19.6. The van der Waals surface area contributed by atoms with E-state index >= 15 is 0 Å². The summed E-state index contributed by atoms with van der Waals surface area (Å²) < 4.78 is 0. The zero-order valence-electron chi connectivity index (χ0n) is 16.0. The highest BCUT2D eigenvalue weighted by Gasteiger charge is 2.17. The summed E-state index contributed by atoms with van der Waals surface area (Å²) in [5.41, 5.74) is 5.55. The summed E-state index contributed by atoms with van der Waals surface area (Å²) >= 11 is 1.80. The van der Waals surface area contributed by atoms with Crippen molar-refractivity contribution >= 4 is 34.1 Å². The highest BCUT2D eigenvalue weighted by molar-refractivity contribution is 7.98. The normalized spacial score (nSPS) is 12.3. The van der Waals surface area contributed by atoms with Gasteiger partial charge in [0.1, 0.15) is 0 Å². The third-order valence-electron chi connectivity index (χ3n) is 5.49. The van der Waals surface area contributed by atoms with Crippen LogP contribution in [0, 0.1) is 0 Å². The van der Waals surface area contributed by atoms with E-state index in [1.54, 1.807) is 11.8 Å². The predicted molar refractivity (Wildman–Crippen MR) is 122 cm³/mol. The van der Waals surface area contributed by atoms with Crippen molar-refractivity contribution < 1.29 is 4.79 Å². The van der Waals surface area contributed by atoms with Crippen LogP contribution in [0.1, 0.15) is 27.0 Å². The summed E-state index contributed by atoms with van der Waals surface area (Å²) in [6.07, 6.45) is 2.18. The van der Waals surface area contributed by atoms with Crippen LogP contribution in [0.3, 0.4) is 0 Å². The molecule has 0 saturated heterocycles. The molecule has 0 aromatic heterocycles. The van der Waals surface area contributed by atoms with Crippen molar-refractivity contribution in [2.75, 3.05) is 5.32 Å². The first-order valence-corrected chi connectivity index (χ1v) is 10.9. The van der Waals surface area contributed by atoms with E-state index in [1.165, 1.54) is 27.0 Å². The smallest absolute Gasteiger partial charge is 0.255 e. The SMILES string of the molecule is O=C(Nc1ccc2c3c(cccc13)CC2)c1ccc(CSc2ccccc2)cc1. The Morgan fingerprint density at radius 1 is 0.793 bits per heavy atom. The largest absolute Gasteiger partial charge is 0.321 e. The maximum atomic E-state index is 12.8. The molecule has 0 saturated carbocycles. The maximum Gasteiger partial charge on any atom is 0.255 e. The highest BCUT2D eigenvalue weighted by atomic mass is 32.2. The number of benzene rings is 4. The molecule has 0 unspecified atom stereocenters. The van der Waals surface area contributed by atoms with Crippen LogP contribution in [0.15, 0.2) is 89.8 Å². The summed E-state index contributed by atoms with van der Waals surface area (Å²) in [7, 11) is 0. The van der Waals surface area contributed by atoms with Crippen LogP contribution in [0.5, 0.6) is 0 Å². The first kappa shape index (κ1) is 18.0. The summed E-state index contributed by atoms with van der Waals surface area (Å²) in [6.45, 7) is 0. The Hall–Kier alpha value is -3.04. The maximum absolute atomic E-state index is 12.8. The molecule has 3 heteroatoms. The number of hydrogen-bond donors (Lipinski definition) is 1. The summed E-state index contributed by atoms with van der Waals surface area (Å²) in [5, 5.41) is 5.58. The van der Waals surface area contributed by atoms with E-state index in [1.807, 2.05) is 36.4 Å². The van der Waals surface area contributed by atoms with Gasteiger partial charge in [-0.25, -0.2) is 0 Å². The molecule has 4 aromatic rings. The summed E-state index contributed by atoms with van der Waals surface area (Å²) in [4.78, 5) is 14.1. The molecule has 0 fully saturated rings. The van der Waals surface area contributed by atoms with E-state index in [-0.39, 0.29) is 5.91 Å². The van der Waals surface area contributed by atoms with Crippen LogP contribution in [-0.4, -0.2) is 5.91 Å². The average Bonchev–Trinajstić information content (AvgIpc) is 3.20. The number of anilines is 1. The highest BCUT2D eigenvalue weighted by Crippen LogP contribution is 2.35. The Balaban J connectivity index is 1.31. The number of amides is 1. The van der Waals surface area contributed by atoms with Crippen molar-refractivity contribution in [2.45, 2.75) is 23.5 Å². The lowest BCUT2D eigenvalue weighted by molar-refractivity contribution is 0.102. The number of aryl methyl sites for hydroxylation is 2. The fraction of sp³-hybridized carbons (Fsp3) is 0.115. The van der Waals surface area contributed by atoms with E-state index in [0.717, 1.165) is 29.7 Å². The van der Waals surface area contributed by atoms with Crippen LogP contribution in [0.2, 0.25) is 0 Å². The molecule has 5 rings (SSSR count). The Kier molecular flexibility index (Phi) is 4.82. The lowest BCUT2D eigenvalue weighted by atomic mass is 10.0. The van der Waals surface area contributed by atoms with Gasteiger partial charge >= 0.3 is 0 Å². The number of hydrogen-bond acceptors (Lipinski definition) is 2. The predicted octanol–water partition coefficient (Wildman–Crippen LogP) is 6.48. The van der Waals surface area contributed by atoms with Gasteiger partial charge in [0.05, 0.1) is 0 Å². The topological polar surface area (TPSA) is 29.1 Å². The Morgan fingerprint density at radius 2 is 1.55 bits per heavy atom. The molecule has 29 heavy (non-hydrogen) atoms. The minimum absolute atomic E-state index is 0.0639. The van der Waals surface area contributed by atoms with Gasteiger partial charge in [0.25, 0.3) is 5.91 Å². The van der Waals surface area contributed by atoms with Gasteiger partial charge in [-0.05, 0) is 65.3 Å². The Bertz CT molecular complexity index is 1170. The summed E-state index contributed by atoms with van der Waals surface area (Å²) in [6, 6.07) is 28.8. The van der Waals surface area contributed by atoms with Crippen LogP contribution in [0.25, 0.3) is 10.8 Å². The molecule has 2 nitrogen and oxygen atoms in total. The lowest BCUT2D eigenvalue weighted by Gasteiger charge is -2.11. The summed E-state index contributed by atoms with van der Waals surface area (Å²) in [5.74, 6) is 0.826. The lowest BCUT2D eigenvalue weighted by Crippen LogP contribution is -2.12. The first-order valence-electron chi connectivity index (χ1n) is 9.89. The fourth-order valence-electron chi connectivity index (χ4n) is 3.99. The van der Waals surface area contributed by atoms with Crippen molar-refractivity contribution in [3.63, 3.8) is 0 Å². The number of rotatable bonds is 5. The molecule has 142 valence electrons. The molecule has 1 amide bonds. The molecule has 1 aliphatic rings. The first-order chi connectivity index (χ1) is 14.3. The third kappa shape index (κ3) is 3.66. The van der Waals surface area contributed by atoms with E-state index in [4.69, 9.17) is 0 Å². The fourth-order valence-corrected chi connectivity index (χ4v) is 4.86. The van der Waals surface area contributed by atoms with Gasteiger partial charge in [0.15, 0.2) is 0 Å². The minimum Gasteiger partial charge on any atom is -0.321 e. The molecule has 0 spiro atoms. The minimum atomic E-state index is -0.0639. The Morgan fingerprint density at radius 3 is 2.34 bits per heavy atom. The van der Waals surface area contributed by atoms with E-state index in [9.17, 15) is 4.79 Å². The van der Waals surface area contributed by atoms with E-state index in [0.29, 0.717) is 5.56 Å². The second-order valence-electron chi connectivity index (χ2n) is 7.36. The van der Waals surface area contributed by atoms with E-state index < -0.39 is 0 Å². The van der Waals surface area contributed by atoms with Gasteiger partial charge in [-0.15, -0.1) is 11.8 Å². The molecule has 0 radical (unpaired) electrons. The van der Waals surface area contributed by atoms with Gasteiger partial charge in [-0.2, -0.15) is 0 Å². The molecule has 4 aromatic carbocycles. The van der Waals surface area contributed by atoms with Gasteiger partial charge in [-0.3, -0.25) is 4.79 Å². The number of thioether (sulfide) groups is 1. The molecule has 1 aliphatic carbocycles. The van der Waals surface area contributed by atoms with Gasteiger partial charge in [0, 0.05) is 27.3 Å². The molecule has 1 N–H and O–H groups in total. The van der Waals surface area contributed by atoms with Crippen LogP contribution in [0.4, 0.5) is 5.69 Å². The second kappa shape index (κ2) is 7.76. The molecule has 0 atom stereocenters. The number of carbonyl (C=O) groups excluding carboxylic acids is 1. The molecule has 0 bridgehead atoms. The van der Waals surface area contributed by atoms with E-state index in [2.05, 4.69) is 53.8 Å². The average molecular weight is 396 g/mol. The zero-order valence-corrected chi connectivity index (χ0v) is 16.8. The van der Waals surface area contributed by atoms with Crippen molar-refractivity contribution in [2.24, 2.45) is 0 Å². The van der Waals surface area contributed by atoms with Gasteiger partial charge in [0.2, 0.25) is 0 Å². The quantitative estimate of drug-likeness (QED) is 0.392. The number of carbonyl (C=O) groups is 1. The molecule has 0 aliphatic heterocycles. The van der Waals surface area contributed by atoms with Crippen molar-refractivity contribution in [3.05, 3.63) is 107 Å². The van der Waals surface area contributed by atoms with Crippen molar-refractivity contribution in [1.82, 2.24) is 0 Å². The van der Waals surface area contributed by atoms with Crippen LogP contribution >= 0.6 is 11.8 Å². The Labute approximate surface area is 175 Å². The van der Waals surface area contributed by atoms with Crippen molar-refractivity contribution in [1.29, 1.82) is 0 Å². The second-order valence-corrected chi connectivity index (χ2v) is 8.41. The van der Waals surface area contributed by atoms with Gasteiger partial charge in [-0.1, -0.05) is 54.6 Å². The molecular weight excluding hydrogens is 374 g/mol. The van der Waals surface area contributed by atoms with Gasteiger partial charge < -0.3 is 5.32 Å². The third-order valence-corrected chi connectivity index (χ3v) is 6.57. The molecule has 0 heterocycles. The van der Waals surface area contributed by atoms with Crippen LogP contribution in [-0.2, 0) is 18.6 Å². The standard InChI is InChI=1S/C26H21NOS/c28-26(21-11-9-18(10-12-21)17-29-22-6-2-1-3-7-22)27-24-16-15-20-14-13-19-5-4-8-23(24)25(19)20/h1-12,15-16H,13-14,17H2,(H,27,28).